The SMILES string of the molecule is NCc1cc2cccc(-c3ccccc3CN)c2o1. The fraction of sp³-hybridized carbons (Fsp3) is 0.125. The Morgan fingerprint density at radius 1 is 0.842 bits per heavy atom. The summed E-state index contributed by atoms with van der Waals surface area (Å²) in [5.41, 5.74) is 15.6. The number of fused-ring (bicyclic) bond motifs is 1. The first-order valence-electron chi connectivity index (χ1n) is 6.33. The minimum absolute atomic E-state index is 0.409. The highest BCUT2D eigenvalue weighted by Gasteiger charge is 2.11. The van der Waals surface area contributed by atoms with Crippen molar-refractivity contribution < 1.29 is 4.42 Å². The normalized spacial score (nSPS) is 11.1. The van der Waals surface area contributed by atoms with Crippen LogP contribution >= 0.6 is 0 Å². The van der Waals surface area contributed by atoms with E-state index in [0.29, 0.717) is 13.1 Å². The van der Waals surface area contributed by atoms with E-state index in [1.165, 1.54) is 0 Å². The van der Waals surface area contributed by atoms with Crippen LogP contribution < -0.4 is 11.5 Å². The Morgan fingerprint density at radius 2 is 1.63 bits per heavy atom. The largest absolute Gasteiger partial charge is 0.459 e. The first-order chi connectivity index (χ1) is 9.33. The third-order valence-electron chi connectivity index (χ3n) is 3.32. The molecule has 0 saturated carbocycles. The Kier molecular flexibility index (Phi) is 3.07. The molecule has 0 aliphatic carbocycles. The molecule has 0 unspecified atom stereocenters. The quantitative estimate of drug-likeness (QED) is 0.753. The van der Waals surface area contributed by atoms with Crippen molar-refractivity contribution in [1.29, 1.82) is 0 Å². The van der Waals surface area contributed by atoms with Crippen LogP contribution in [0.25, 0.3) is 22.1 Å². The molecule has 0 fully saturated rings. The zero-order valence-corrected chi connectivity index (χ0v) is 10.6. The van der Waals surface area contributed by atoms with E-state index in [1.54, 1.807) is 0 Å². The van der Waals surface area contributed by atoms with Crippen molar-refractivity contribution in [3.8, 4) is 11.1 Å². The topological polar surface area (TPSA) is 65.2 Å². The van der Waals surface area contributed by atoms with Crippen molar-refractivity contribution >= 4 is 11.0 Å². The molecule has 1 aromatic heterocycles. The molecule has 3 heteroatoms. The molecule has 0 aliphatic heterocycles. The van der Waals surface area contributed by atoms with Gasteiger partial charge in [-0.1, -0.05) is 42.5 Å². The van der Waals surface area contributed by atoms with Crippen LogP contribution in [-0.2, 0) is 13.1 Å². The number of hydrogen-bond acceptors (Lipinski definition) is 3. The van der Waals surface area contributed by atoms with Gasteiger partial charge in [0.05, 0.1) is 6.54 Å². The molecular formula is C16H16N2O. The molecule has 3 nitrogen and oxygen atoms in total. The third-order valence-corrected chi connectivity index (χ3v) is 3.32. The van der Waals surface area contributed by atoms with E-state index < -0.39 is 0 Å². The van der Waals surface area contributed by atoms with Crippen LogP contribution in [0.5, 0.6) is 0 Å². The Bertz CT molecular complexity index is 716. The van der Waals surface area contributed by atoms with E-state index in [1.807, 2.05) is 36.4 Å². The van der Waals surface area contributed by atoms with Gasteiger partial charge in [-0.05, 0) is 17.2 Å². The maximum Gasteiger partial charge on any atom is 0.142 e. The van der Waals surface area contributed by atoms with E-state index in [0.717, 1.165) is 33.4 Å². The zero-order chi connectivity index (χ0) is 13.2. The number of para-hydroxylation sites is 1. The van der Waals surface area contributed by atoms with Crippen LogP contribution in [0.1, 0.15) is 11.3 Å². The van der Waals surface area contributed by atoms with Crippen LogP contribution in [0.15, 0.2) is 52.9 Å². The summed E-state index contributed by atoms with van der Waals surface area (Å²) in [5.74, 6) is 0.799. The van der Waals surface area contributed by atoms with Crippen LogP contribution in [0.3, 0.4) is 0 Å². The summed E-state index contributed by atoms with van der Waals surface area (Å²) in [4.78, 5) is 0. The molecule has 0 spiro atoms. The molecule has 19 heavy (non-hydrogen) atoms. The molecule has 3 aromatic rings. The second-order valence-electron chi connectivity index (χ2n) is 4.50. The van der Waals surface area contributed by atoms with Gasteiger partial charge in [0.15, 0.2) is 0 Å². The molecule has 1 heterocycles. The first kappa shape index (κ1) is 12.0. The van der Waals surface area contributed by atoms with E-state index in [4.69, 9.17) is 15.9 Å². The van der Waals surface area contributed by atoms with Gasteiger partial charge < -0.3 is 15.9 Å². The summed E-state index contributed by atoms with van der Waals surface area (Å²) in [6.07, 6.45) is 0. The number of hydrogen-bond donors (Lipinski definition) is 2. The van der Waals surface area contributed by atoms with Crippen LogP contribution in [0.4, 0.5) is 0 Å². The highest BCUT2D eigenvalue weighted by molar-refractivity contribution is 5.93. The van der Waals surface area contributed by atoms with Crippen molar-refractivity contribution in [2.75, 3.05) is 0 Å². The average molecular weight is 252 g/mol. The smallest absolute Gasteiger partial charge is 0.142 e. The van der Waals surface area contributed by atoms with Crippen molar-refractivity contribution in [2.45, 2.75) is 13.1 Å². The number of rotatable bonds is 3. The average Bonchev–Trinajstić information content (AvgIpc) is 2.90. The predicted molar refractivity (Wildman–Crippen MR) is 77.4 cm³/mol. The standard InChI is InChI=1S/C16H16N2O/c17-9-12-4-1-2-6-14(12)15-7-3-5-11-8-13(10-18)19-16(11)15/h1-8H,9-10,17-18H2. The van der Waals surface area contributed by atoms with Gasteiger partial charge in [0.1, 0.15) is 11.3 Å². The summed E-state index contributed by atoms with van der Waals surface area (Å²) in [6, 6.07) is 16.2. The molecule has 4 N–H and O–H groups in total. The number of benzene rings is 2. The minimum atomic E-state index is 0.409. The molecule has 0 amide bonds. The minimum Gasteiger partial charge on any atom is -0.459 e. The van der Waals surface area contributed by atoms with E-state index in [2.05, 4.69) is 12.1 Å². The van der Waals surface area contributed by atoms with Gasteiger partial charge in [0, 0.05) is 17.5 Å². The lowest BCUT2D eigenvalue weighted by molar-refractivity contribution is 0.553. The summed E-state index contributed by atoms with van der Waals surface area (Å²) >= 11 is 0. The highest BCUT2D eigenvalue weighted by Crippen LogP contribution is 2.32. The lowest BCUT2D eigenvalue weighted by atomic mass is 9.98. The Balaban J connectivity index is 2.27. The number of furan rings is 1. The fourth-order valence-electron chi connectivity index (χ4n) is 2.39. The van der Waals surface area contributed by atoms with E-state index in [-0.39, 0.29) is 0 Å². The van der Waals surface area contributed by atoms with Gasteiger partial charge in [0.25, 0.3) is 0 Å². The molecule has 96 valence electrons. The van der Waals surface area contributed by atoms with Crippen LogP contribution in [-0.4, -0.2) is 0 Å². The van der Waals surface area contributed by atoms with Gasteiger partial charge in [0.2, 0.25) is 0 Å². The second-order valence-corrected chi connectivity index (χ2v) is 4.50. The van der Waals surface area contributed by atoms with Crippen molar-refractivity contribution in [3.05, 3.63) is 59.9 Å². The summed E-state index contributed by atoms with van der Waals surface area (Å²) in [7, 11) is 0. The van der Waals surface area contributed by atoms with Gasteiger partial charge >= 0.3 is 0 Å². The Labute approximate surface area is 111 Å². The second kappa shape index (κ2) is 4.88. The predicted octanol–water partition coefficient (Wildman–Crippen LogP) is 3.02. The summed E-state index contributed by atoms with van der Waals surface area (Å²) in [6.45, 7) is 0.920. The molecule has 0 radical (unpaired) electrons. The van der Waals surface area contributed by atoms with Crippen molar-refractivity contribution in [2.24, 2.45) is 11.5 Å². The molecule has 3 rings (SSSR count). The maximum absolute atomic E-state index is 5.84. The van der Waals surface area contributed by atoms with E-state index >= 15 is 0 Å². The molecule has 0 aliphatic rings. The van der Waals surface area contributed by atoms with Gasteiger partial charge in [-0.15, -0.1) is 0 Å². The Hall–Kier alpha value is -2.10. The first-order valence-corrected chi connectivity index (χ1v) is 6.33. The fourth-order valence-corrected chi connectivity index (χ4v) is 2.39. The maximum atomic E-state index is 5.84. The number of nitrogens with two attached hydrogens (primary N) is 2. The van der Waals surface area contributed by atoms with Gasteiger partial charge in [-0.2, -0.15) is 0 Å². The molecule has 0 saturated heterocycles. The summed E-state index contributed by atoms with van der Waals surface area (Å²) in [5, 5.41) is 1.07. The van der Waals surface area contributed by atoms with Crippen LogP contribution in [0, 0.1) is 0 Å². The molecule has 0 bridgehead atoms. The van der Waals surface area contributed by atoms with Crippen molar-refractivity contribution in [3.63, 3.8) is 0 Å². The van der Waals surface area contributed by atoms with Gasteiger partial charge in [-0.3, -0.25) is 0 Å². The zero-order valence-electron chi connectivity index (χ0n) is 10.6. The lowest BCUT2D eigenvalue weighted by Gasteiger charge is -2.08. The Morgan fingerprint density at radius 3 is 2.42 bits per heavy atom. The monoisotopic (exact) mass is 252 g/mol. The van der Waals surface area contributed by atoms with Crippen molar-refractivity contribution in [1.82, 2.24) is 0 Å². The van der Waals surface area contributed by atoms with Crippen LogP contribution in [0.2, 0.25) is 0 Å². The van der Waals surface area contributed by atoms with E-state index in [9.17, 15) is 0 Å². The lowest BCUT2D eigenvalue weighted by Crippen LogP contribution is -1.98. The molecule has 0 atom stereocenters. The highest BCUT2D eigenvalue weighted by atomic mass is 16.3. The third kappa shape index (κ3) is 2.03. The van der Waals surface area contributed by atoms with Gasteiger partial charge in [-0.25, -0.2) is 0 Å². The summed E-state index contributed by atoms with van der Waals surface area (Å²) < 4.78 is 5.84. The molecular weight excluding hydrogens is 236 g/mol. The molecule has 2 aromatic carbocycles.